The summed E-state index contributed by atoms with van der Waals surface area (Å²) in [7, 11) is 1.35. The van der Waals surface area contributed by atoms with Crippen LogP contribution < -0.4 is 4.74 Å². The SMILES string of the molecule is COC(=O)COc1ccc(C(=C(c2ccccc2)c2ccccc2)c2ccccc2)cc1. The first kappa shape index (κ1) is 21.1. The normalized spacial score (nSPS) is 10.3. The number of carbonyl (C=O) groups excluding carboxylic acids is 1. The highest BCUT2D eigenvalue weighted by Gasteiger charge is 2.16. The predicted octanol–water partition coefficient (Wildman–Crippen LogP) is 6.25. The molecule has 0 saturated heterocycles. The molecule has 0 fully saturated rings. The lowest BCUT2D eigenvalue weighted by molar-refractivity contribution is -0.142. The van der Waals surface area contributed by atoms with E-state index in [1.807, 2.05) is 42.5 Å². The maximum absolute atomic E-state index is 11.4. The molecule has 4 aromatic carbocycles. The number of esters is 1. The molecule has 3 nitrogen and oxygen atoms in total. The number of ether oxygens (including phenoxy) is 2. The highest BCUT2D eigenvalue weighted by atomic mass is 16.6. The first-order chi connectivity index (χ1) is 15.8. The summed E-state index contributed by atoms with van der Waals surface area (Å²) in [5.41, 5.74) is 6.75. The second-order valence-electron chi connectivity index (χ2n) is 7.24. The number of benzene rings is 4. The molecular formula is C29H24O3. The molecule has 0 aliphatic rings. The first-order valence-corrected chi connectivity index (χ1v) is 10.5. The van der Waals surface area contributed by atoms with Crippen molar-refractivity contribution in [3.05, 3.63) is 138 Å². The third-order valence-corrected chi connectivity index (χ3v) is 5.16. The largest absolute Gasteiger partial charge is 0.482 e. The van der Waals surface area contributed by atoms with E-state index in [2.05, 4.69) is 77.5 Å². The first-order valence-electron chi connectivity index (χ1n) is 10.5. The Morgan fingerprint density at radius 3 is 1.31 bits per heavy atom. The van der Waals surface area contributed by atoms with Crippen LogP contribution in [0.3, 0.4) is 0 Å². The minimum Gasteiger partial charge on any atom is -0.482 e. The van der Waals surface area contributed by atoms with E-state index in [0.717, 1.165) is 33.4 Å². The second kappa shape index (κ2) is 10.3. The van der Waals surface area contributed by atoms with Crippen LogP contribution in [0, 0.1) is 0 Å². The molecule has 0 aliphatic carbocycles. The van der Waals surface area contributed by atoms with Gasteiger partial charge in [-0.3, -0.25) is 0 Å². The number of methoxy groups -OCH3 is 1. The molecular weight excluding hydrogens is 396 g/mol. The van der Waals surface area contributed by atoms with Crippen LogP contribution in [0.5, 0.6) is 5.75 Å². The summed E-state index contributed by atoms with van der Waals surface area (Å²) in [6.45, 7) is -0.115. The Labute approximate surface area is 188 Å². The van der Waals surface area contributed by atoms with E-state index in [0.29, 0.717) is 5.75 Å². The average molecular weight is 421 g/mol. The van der Waals surface area contributed by atoms with Crippen molar-refractivity contribution in [3.8, 4) is 5.75 Å². The summed E-state index contributed by atoms with van der Waals surface area (Å²) in [6, 6.07) is 39.1. The highest BCUT2D eigenvalue weighted by molar-refractivity contribution is 6.04. The third kappa shape index (κ3) is 4.96. The number of rotatable bonds is 7. The molecule has 0 heterocycles. The van der Waals surface area contributed by atoms with Gasteiger partial charge in [0.2, 0.25) is 0 Å². The van der Waals surface area contributed by atoms with Crippen molar-refractivity contribution in [2.24, 2.45) is 0 Å². The molecule has 0 aliphatic heterocycles. The van der Waals surface area contributed by atoms with Gasteiger partial charge in [-0.05, 0) is 45.5 Å². The summed E-state index contributed by atoms with van der Waals surface area (Å²) in [5, 5.41) is 0. The minimum absolute atomic E-state index is 0.115. The molecule has 0 unspecified atom stereocenters. The summed E-state index contributed by atoms with van der Waals surface area (Å²) in [4.78, 5) is 11.4. The van der Waals surface area contributed by atoms with Gasteiger partial charge in [0, 0.05) is 0 Å². The lowest BCUT2D eigenvalue weighted by Gasteiger charge is -2.18. The Morgan fingerprint density at radius 1 is 0.562 bits per heavy atom. The van der Waals surface area contributed by atoms with Gasteiger partial charge in [-0.2, -0.15) is 0 Å². The lowest BCUT2D eigenvalue weighted by Crippen LogP contribution is -2.12. The van der Waals surface area contributed by atoms with Gasteiger partial charge in [-0.1, -0.05) is 103 Å². The fraction of sp³-hybridized carbons (Fsp3) is 0.0690. The zero-order valence-corrected chi connectivity index (χ0v) is 17.9. The second-order valence-corrected chi connectivity index (χ2v) is 7.24. The minimum atomic E-state index is -0.408. The number of hydrogen-bond acceptors (Lipinski definition) is 3. The zero-order valence-electron chi connectivity index (χ0n) is 17.9. The molecule has 0 spiro atoms. The summed E-state index contributed by atoms with van der Waals surface area (Å²) < 4.78 is 10.2. The molecule has 0 amide bonds. The van der Waals surface area contributed by atoms with Crippen molar-refractivity contribution in [2.45, 2.75) is 0 Å². The quantitative estimate of drug-likeness (QED) is 0.262. The van der Waals surface area contributed by atoms with E-state index in [-0.39, 0.29) is 6.61 Å². The standard InChI is InChI=1S/C29H24O3/c1-31-27(30)21-32-26-19-17-25(18-20-26)29(24-15-9-4-10-16-24)28(22-11-5-2-6-12-22)23-13-7-3-8-14-23/h2-20H,21H2,1H3. The number of hydrogen-bond donors (Lipinski definition) is 0. The van der Waals surface area contributed by atoms with Crippen LogP contribution in [0.15, 0.2) is 115 Å². The molecule has 3 heteroatoms. The van der Waals surface area contributed by atoms with Gasteiger partial charge in [0.05, 0.1) is 7.11 Å². The monoisotopic (exact) mass is 420 g/mol. The van der Waals surface area contributed by atoms with E-state index < -0.39 is 5.97 Å². The van der Waals surface area contributed by atoms with E-state index >= 15 is 0 Å². The third-order valence-electron chi connectivity index (χ3n) is 5.16. The molecule has 0 radical (unpaired) electrons. The number of carbonyl (C=O) groups is 1. The summed E-state index contributed by atoms with van der Waals surface area (Å²) in [6.07, 6.45) is 0. The Morgan fingerprint density at radius 2 is 0.938 bits per heavy atom. The van der Waals surface area contributed by atoms with Crippen LogP contribution in [0.1, 0.15) is 22.3 Å². The van der Waals surface area contributed by atoms with Crippen LogP contribution in [-0.4, -0.2) is 19.7 Å². The van der Waals surface area contributed by atoms with Gasteiger partial charge in [-0.25, -0.2) is 4.79 Å². The summed E-state index contributed by atoms with van der Waals surface area (Å²) >= 11 is 0. The van der Waals surface area contributed by atoms with Crippen LogP contribution in [-0.2, 0) is 9.53 Å². The topological polar surface area (TPSA) is 35.5 Å². The summed E-state index contributed by atoms with van der Waals surface area (Å²) in [5.74, 6) is 0.210. The Balaban J connectivity index is 1.88. The fourth-order valence-electron chi connectivity index (χ4n) is 3.64. The van der Waals surface area contributed by atoms with Crippen LogP contribution in [0.2, 0.25) is 0 Å². The van der Waals surface area contributed by atoms with E-state index in [1.165, 1.54) is 7.11 Å². The fourth-order valence-corrected chi connectivity index (χ4v) is 3.64. The van der Waals surface area contributed by atoms with Crippen LogP contribution in [0.25, 0.3) is 11.1 Å². The molecule has 4 aromatic rings. The van der Waals surface area contributed by atoms with Gasteiger partial charge in [0.25, 0.3) is 0 Å². The molecule has 4 rings (SSSR count). The maximum atomic E-state index is 11.4. The molecule has 158 valence electrons. The van der Waals surface area contributed by atoms with Crippen LogP contribution >= 0.6 is 0 Å². The van der Waals surface area contributed by atoms with E-state index in [1.54, 1.807) is 0 Å². The van der Waals surface area contributed by atoms with Crippen molar-refractivity contribution in [1.29, 1.82) is 0 Å². The Hall–Kier alpha value is -4.11. The average Bonchev–Trinajstić information content (AvgIpc) is 2.87. The van der Waals surface area contributed by atoms with Crippen molar-refractivity contribution in [2.75, 3.05) is 13.7 Å². The highest BCUT2D eigenvalue weighted by Crippen LogP contribution is 2.37. The van der Waals surface area contributed by atoms with E-state index in [4.69, 9.17) is 4.74 Å². The molecule has 0 bridgehead atoms. The predicted molar refractivity (Wildman–Crippen MR) is 128 cm³/mol. The van der Waals surface area contributed by atoms with Crippen molar-refractivity contribution < 1.29 is 14.3 Å². The lowest BCUT2D eigenvalue weighted by atomic mass is 9.86. The molecule has 32 heavy (non-hydrogen) atoms. The van der Waals surface area contributed by atoms with Crippen LogP contribution in [0.4, 0.5) is 0 Å². The Bertz CT molecular complexity index is 1140. The molecule has 0 saturated carbocycles. The van der Waals surface area contributed by atoms with Gasteiger partial charge in [0.15, 0.2) is 6.61 Å². The Kier molecular flexibility index (Phi) is 6.78. The molecule has 0 atom stereocenters. The van der Waals surface area contributed by atoms with Gasteiger partial charge in [0.1, 0.15) is 5.75 Å². The molecule has 0 N–H and O–H groups in total. The van der Waals surface area contributed by atoms with E-state index in [9.17, 15) is 4.79 Å². The van der Waals surface area contributed by atoms with Gasteiger partial charge < -0.3 is 9.47 Å². The van der Waals surface area contributed by atoms with Crippen molar-refractivity contribution in [1.82, 2.24) is 0 Å². The smallest absolute Gasteiger partial charge is 0.343 e. The van der Waals surface area contributed by atoms with Crippen molar-refractivity contribution >= 4 is 17.1 Å². The van der Waals surface area contributed by atoms with Gasteiger partial charge >= 0.3 is 5.97 Å². The maximum Gasteiger partial charge on any atom is 0.343 e. The van der Waals surface area contributed by atoms with Gasteiger partial charge in [-0.15, -0.1) is 0 Å². The van der Waals surface area contributed by atoms with Crippen molar-refractivity contribution in [3.63, 3.8) is 0 Å². The zero-order chi connectivity index (χ0) is 22.2. The molecule has 0 aromatic heterocycles.